The van der Waals surface area contributed by atoms with Crippen molar-refractivity contribution in [2.45, 2.75) is 21.4 Å². The lowest BCUT2D eigenvalue weighted by atomic mass is 10.1. The third kappa shape index (κ3) is 5.07. The Labute approximate surface area is 124 Å². The summed E-state index contributed by atoms with van der Waals surface area (Å²) in [6, 6.07) is 0. The fraction of sp³-hybridized carbons (Fsp3) is 0.625. The number of rotatable bonds is 2. The van der Waals surface area contributed by atoms with Crippen LogP contribution >= 0.6 is 69.6 Å². The highest BCUT2D eigenvalue weighted by Gasteiger charge is 2.43. The van der Waals surface area contributed by atoms with Gasteiger partial charge in [-0.2, -0.15) is 0 Å². The summed E-state index contributed by atoms with van der Waals surface area (Å²) >= 11 is 33.8. The molecule has 2 nitrogen and oxygen atoms in total. The largest absolute Gasteiger partial charge is 0.463 e. The number of carbonyl (C=O) groups excluding carboxylic acids is 1. The van der Waals surface area contributed by atoms with Crippen LogP contribution in [0.25, 0.3) is 0 Å². The molecule has 8 heteroatoms. The maximum Gasteiger partial charge on any atom is 0.333 e. The molecule has 0 aromatic rings. The molecular weight excluding hydrogens is 341 g/mol. The first-order valence-electron chi connectivity index (χ1n) is 4.04. The number of ether oxygens (including phenoxy) is 1. The van der Waals surface area contributed by atoms with Gasteiger partial charge in [-0.15, -0.1) is 0 Å². The molecule has 0 saturated heterocycles. The third-order valence-electron chi connectivity index (χ3n) is 1.52. The van der Waals surface area contributed by atoms with Gasteiger partial charge in [0.2, 0.25) is 7.59 Å². The number of esters is 1. The predicted octanol–water partition coefficient (Wildman–Crippen LogP) is 4.61. The fourth-order valence-corrected chi connectivity index (χ4v) is 3.06. The van der Waals surface area contributed by atoms with Crippen LogP contribution in [-0.2, 0) is 9.53 Å². The molecule has 0 saturated carbocycles. The highest BCUT2D eigenvalue weighted by Crippen LogP contribution is 2.49. The van der Waals surface area contributed by atoms with Crippen LogP contribution in [0, 0.1) is 0 Å². The summed E-state index contributed by atoms with van der Waals surface area (Å²) in [5, 5.41) is 0. The van der Waals surface area contributed by atoms with E-state index in [0.29, 0.717) is 0 Å². The number of allylic oxidation sites excluding steroid dienone is 1. The SMILES string of the molecule is CCOC(=O)C(C)=C(C(Cl)(Cl)Cl)C(Cl)(Cl)Cl. The van der Waals surface area contributed by atoms with Crippen molar-refractivity contribution in [3.63, 3.8) is 0 Å². The van der Waals surface area contributed by atoms with Gasteiger partial charge >= 0.3 is 5.97 Å². The van der Waals surface area contributed by atoms with E-state index in [-0.39, 0.29) is 17.8 Å². The second-order valence-corrected chi connectivity index (χ2v) is 7.28. The second-order valence-electron chi connectivity index (χ2n) is 2.72. The van der Waals surface area contributed by atoms with Gasteiger partial charge in [0, 0.05) is 11.1 Å². The quantitative estimate of drug-likeness (QED) is 0.414. The molecule has 0 radical (unpaired) electrons. The molecule has 0 aliphatic rings. The van der Waals surface area contributed by atoms with Crippen molar-refractivity contribution in [1.29, 1.82) is 0 Å². The Morgan fingerprint density at radius 3 is 1.69 bits per heavy atom. The summed E-state index contributed by atoms with van der Waals surface area (Å²) in [4.78, 5) is 11.4. The normalized spacial score (nSPS) is 12.2. The maximum absolute atomic E-state index is 11.4. The molecule has 0 spiro atoms. The molecule has 0 amide bonds. The maximum atomic E-state index is 11.4. The molecule has 0 atom stereocenters. The van der Waals surface area contributed by atoms with Crippen LogP contribution in [0.1, 0.15) is 13.8 Å². The van der Waals surface area contributed by atoms with Gasteiger partial charge in [0.15, 0.2) is 0 Å². The molecule has 0 bridgehead atoms. The second kappa shape index (κ2) is 6.21. The summed E-state index contributed by atoms with van der Waals surface area (Å²) in [6.07, 6.45) is 0. The molecule has 0 aromatic carbocycles. The molecular formula is C8H8Cl6O2. The van der Waals surface area contributed by atoms with Gasteiger partial charge in [-0.3, -0.25) is 0 Å². The van der Waals surface area contributed by atoms with Crippen LogP contribution < -0.4 is 0 Å². The third-order valence-corrected chi connectivity index (χ3v) is 2.66. The first kappa shape index (κ1) is 16.9. The lowest BCUT2D eigenvalue weighted by Crippen LogP contribution is -2.25. The molecule has 0 aromatic heterocycles. The monoisotopic (exact) mass is 346 g/mol. The summed E-state index contributed by atoms with van der Waals surface area (Å²) in [7, 11) is 0. The summed E-state index contributed by atoms with van der Waals surface area (Å²) in [5.41, 5.74) is -0.282. The summed E-state index contributed by atoms with van der Waals surface area (Å²) in [6.45, 7) is 3.16. The molecule has 0 unspecified atom stereocenters. The van der Waals surface area contributed by atoms with Crippen molar-refractivity contribution < 1.29 is 9.53 Å². The molecule has 0 aliphatic heterocycles. The zero-order valence-corrected chi connectivity index (χ0v) is 12.8. The molecule has 94 valence electrons. The van der Waals surface area contributed by atoms with Crippen molar-refractivity contribution >= 4 is 75.6 Å². The molecule has 0 aliphatic carbocycles. The van der Waals surface area contributed by atoms with E-state index in [2.05, 4.69) is 0 Å². The van der Waals surface area contributed by atoms with Crippen LogP contribution in [0.3, 0.4) is 0 Å². The van der Waals surface area contributed by atoms with Crippen molar-refractivity contribution in [3.8, 4) is 0 Å². The molecule has 0 heterocycles. The Balaban J connectivity index is 5.49. The Kier molecular flexibility index (Phi) is 6.58. The zero-order chi connectivity index (χ0) is 13.1. The predicted molar refractivity (Wildman–Crippen MR) is 69.9 cm³/mol. The highest BCUT2D eigenvalue weighted by atomic mass is 35.6. The van der Waals surface area contributed by atoms with E-state index in [4.69, 9.17) is 74.3 Å². The summed E-state index contributed by atoms with van der Waals surface area (Å²) in [5.74, 6) is -0.699. The van der Waals surface area contributed by atoms with E-state index in [1.807, 2.05) is 0 Å². The van der Waals surface area contributed by atoms with Gasteiger partial charge < -0.3 is 4.74 Å². The fourth-order valence-electron chi connectivity index (χ4n) is 0.927. The van der Waals surface area contributed by atoms with E-state index in [1.165, 1.54) is 6.92 Å². The first-order chi connectivity index (χ1) is 7.01. The number of hydrogen-bond acceptors (Lipinski definition) is 2. The Morgan fingerprint density at radius 2 is 1.44 bits per heavy atom. The Morgan fingerprint density at radius 1 is 1.06 bits per heavy atom. The van der Waals surface area contributed by atoms with Crippen LogP contribution in [0.2, 0.25) is 0 Å². The van der Waals surface area contributed by atoms with Gasteiger partial charge in [0.05, 0.1) is 6.61 Å². The Hall–Kier alpha value is 0.950. The lowest BCUT2D eigenvalue weighted by Gasteiger charge is -2.24. The molecule has 16 heavy (non-hydrogen) atoms. The standard InChI is InChI=1S/C8H8Cl6O2/c1-3-16-6(15)4(2)5(7(9,10)11)8(12,13)14/h3H2,1-2H3. The van der Waals surface area contributed by atoms with Crippen LogP contribution in [0.4, 0.5) is 0 Å². The van der Waals surface area contributed by atoms with E-state index in [1.54, 1.807) is 6.92 Å². The van der Waals surface area contributed by atoms with Gasteiger partial charge in [-0.05, 0) is 13.8 Å². The van der Waals surface area contributed by atoms with Crippen molar-refractivity contribution in [1.82, 2.24) is 0 Å². The van der Waals surface area contributed by atoms with Crippen molar-refractivity contribution in [3.05, 3.63) is 11.1 Å². The average Bonchev–Trinajstić information content (AvgIpc) is 1.98. The van der Waals surface area contributed by atoms with Gasteiger partial charge in [0.1, 0.15) is 0 Å². The molecule has 0 N–H and O–H groups in total. The smallest absolute Gasteiger partial charge is 0.333 e. The lowest BCUT2D eigenvalue weighted by molar-refractivity contribution is -0.138. The minimum absolute atomic E-state index is 0.0400. The number of carbonyl (C=O) groups is 1. The van der Waals surface area contributed by atoms with Gasteiger partial charge in [0.25, 0.3) is 0 Å². The average molecular weight is 349 g/mol. The van der Waals surface area contributed by atoms with Gasteiger partial charge in [-0.25, -0.2) is 4.79 Å². The van der Waals surface area contributed by atoms with Crippen LogP contribution in [0.5, 0.6) is 0 Å². The first-order valence-corrected chi connectivity index (χ1v) is 6.31. The number of alkyl halides is 6. The van der Waals surface area contributed by atoms with Crippen LogP contribution in [0.15, 0.2) is 11.1 Å². The van der Waals surface area contributed by atoms with E-state index in [0.717, 1.165) is 0 Å². The number of halogens is 6. The van der Waals surface area contributed by atoms with E-state index >= 15 is 0 Å². The Bertz CT molecular complexity index is 283. The minimum atomic E-state index is -2.00. The summed E-state index contributed by atoms with van der Waals surface area (Å²) < 4.78 is 0.730. The van der Waals surface area contributed by atoms with E-state index < -0.39 is 13.6 Å². The minimum Gasteiger partial charge on any atom is -0.463 e. The number of hydrogen-bond donors (Lipinski definition) is 0. The van der Waals surface area contributed by atoms with Crippen LogP contribution in [-0.4, -0.2) is 20.2 Å². The van der Waals surface area contributed by atoms with Crippen molar-refractivity contribution in [2.24, 2.45) is 0 Å². The van der Waals surface area contributed by atoms with Crippen molar-refractivity contribution in [2.75, 3.05) is 6.61 Å². The molecule has 0 fully saturated rings. The highest BCUT2D eigenvalue weighted by molar-refractivity contribution is 6.75. The molecule has 0 rings (SSSR count). The van der Waals surface area contributed by atoms with Gasteiger partial charge in [-0.1, -0.05) is 69.6 Å². The zero-order valence-electron chi connectivity index (χ0n) is 8.29. The van der Waals surface area contributed by atoms with E-state index in [9.17, 15) is 4.79 Å². The topological polar surface area (TPSA) is 26.3 Å².